The smallest absolute Gasteiger partial charge is 0.410 e. The molecule has 1 aromatic carbocycles. The zero-order valence-electron chi connectivity index (χ0n) is 9.39. The Morgan fingerprint density at radius 3 is 2.82 bits per heavy atom. The van der Waals surface area contributed by atoms with Crippen LogP contribution in [0.5, 0.6) is 5.75 Å². The number of hydrogen-bond donors (Lipinski definition) is 1. The number of carbonyl (C=O) groups excluding carboxylic acids is 2. The molecule has 0 saturated carbocycles. The number of benzene rings is 1. The molecule has 2 amide bonds. The molecule has 0 spiro atoms. The standard InChI is InChI=1S/C12H14N2O3/c15-11-9-14(8-4-7-13-11)12(16)17-10-5-2-1-3-6-10/h1-3,5-6H,4,7-9H2,(H,13,15). The molecule has 1 aliphatic heterocycles. The van der Waals surface area contributed by atoms with Gasteiger partial charge in [-0.05, 0) is 18.6 Å². The Hall–Kier alpha value is -2.04. The summed E-state index contributed by atoms with van der Waals surface area (Å²) < 4.78 is 5.16. The van der Waals surface area contributed by atoms with E-state index in [1.807, 2.05) is 6.07 Å². The molecule has 1 heterocycles. The first-order valence-electron chi connectivity index (χ1n) is 5.54. The quantitative estimate of drug-likeness (QED) is 0.788. The number of nitrogens with zero attached hydrogens (tertiary/aromatic N) is 1. The van der Waals surface area contributed by atoms with Crippen molar-refractivity contribution in [2.45, 2.75) is 6.42 Å². The van der Waals surface area contributed by atoms with Crippen molar-refractivity contribution in [1.29, 1.82) is 0 Å². The summed E-state index contributed by atoms with van der Waals surface area (Å²) in [6, 6.07) is 8.83. The molecule has 90 valence electrons. The molecule has 1 aliphatic rings. The fourth-order valence-electron chi connectivity index (χ4n) is 1.62. The lowest BCUT2D eigenvalue weighted by molar-refractivity contribution is -0.121. The monoisotopic (exact) mass is 234 g/mol. The van der Waals surface area contributed by atoms with Crippen LogP contribution in [0.4, 0.5) is 4.79 Å². The molecule has 2 rings (SSSR count). The van der Waals surface area contributed by atoms with E-state index >= 15 is 0 Å². The highest BCUT2D eigenvalue weighted by Crippen LogP contribution is 2.10. The summed E-state index contributed by atoms with van der Waals surface area (Å²) in [6.07, 6.45) is 0.267. The van der Waals surface area contributed by atoms with Gasteiger partial charge in [0.05, 0.1) is 0 Å². The largest absolute Gasteiger partial charge is 0.415 e. The summed E-state index contributed by atoms with van der Waals surface area (Å²) in [6.45, 7) is 1.20. The number of nitrogens with one attached hydrogen (secondary N) is 1. The number of rotatable bonds is 1. The highest BCUT2D eigenvalue weighted by atomic mass is 16.6. The second-order valence-electron chi connectivity index (χ2n) is 3.81. The van der Waals surface area contributed by atoms with E-state index in [0.717, 1.165) is 6.42 Å². The summed E-state index contributed by atoms with van der Waals surface area (Å²) in [5, 5.41) is 2.70. The predicted octanol–water partition coefficient (Wildman–Crippen LogP) is 1.01. The van der Waals surface area contributed by atoms with Crippen molar-refractivity contribution in [3.8, 4) is 5.75 Å². The van der Waals surface area contributed by atoms with Crippen LogP contribution in [0.25, 0.3) is 0 Å². The van der Waals surface area contributed by atoms with E-state index in [-0.39, 0.29) is 12.5 Å². The summed E-state index contributed by atoms with van der Waals surface area (Å²) in [4.78, 5) is 24.5. The molecule has 0 atom stereocenters. The molecule has 5 heteroatoms. The first-order valence-corrected chi connectivity index (χ1v) is 5.54. The van der Waals surface area contributed by atoms with Crippen molar-refractivity contribution < 1.29 is 14.3 Å². The molecule has 0 aromatic heterocycles. The fraction of sp³-hybridized carbons (Fsp3) is 0.333. The minimum Gasteiger partial charge on any atom is -0.410 e. The van der Waals surface area contributed by atoms with E-state index in [4.69, 9.17) is 4.74 Å². The Kier molecular flexibility index (Phi) is 3.59. The molecule has 0 aliphatic carbocycles. The number of hydrogen-bond acceptors (Lipinski definition) is 3. The van der Waals surface area contributed by atoms with Crippen molar-refractivity contribution in [3.05, 3.63) is 30.3 Å². The molecular formula is C12H14N2O3. The van der Waals surface area contributed by atoms with Gasteiger partial charge in [0.2, 0.25) is 5.91 Å². The SMILES string of the molecule is O=C1CN(C(=O)Oc2ccccc2)CCCN1. The lowest BCUT2D eigenvalue weighted by Gasteiger charge is -2.18. The Balaban J connectivity index is 1.97. The van der Waals surface area contributed by atoms with Gasteiger partial charge in [0.1, 0.15) is 12.3 Å². The number of amides is 2. The van der Waals surface area contributed by atoms with Crippen LogP contribution in [0.1, 0.15) is 6.42 Å². The van der Waals surface area contributed by atoms with Crippen LogP contribution in [-0.2, 0) is 4.79 Å². The Bertz CT molecular complexity index is 405. The minimum atomic E-state index is -0.478. The molecule has 1 fully saturated rings. The Morgan fingerprint density at radius 1 is 1.29 bits per heavy atom. The van der Waals surface area contributed by atoms with Crippen LogP contribution < -0.4 is 10.1 Å². The summed E-state index contributed by atoms with van der Waals surface area (Å²) in [5.74, 6) is 0.342. The van der Waals surface area contributed by atoms with Crippen molar-refractivity contribution in [2.24, 2.45) is 0 Å². The highest BCUT2D eigenvalue weighted by Gasteiger charge is 2.21. The zero-order valence-corrected chi connectivity index (χ0v) is 9.39. The fourth-order valence-corrected chi connectivity index (χ4v) is 1.62. The molecule has 0 unspecified atom stereocenters. The Morgan fingerprint density at radius 2 is 2.06 bits per heavy atom. The Labute approximate surface area is 99.4 Å². The van der Waals surface area contributed by atoms with Crippen molar-refractivity contribution in [3.63, 3.8) is 0 Å². The molecule has 1 saturated heterocycles. The van der Waals surface area contributed by atoms with Crippen LogP contribution in [0, 0.1) is 0 Å². The van der Waals surface area contributed by atoms with Gasteiger partial charge in [-0.2, -0.15) is 0 Å². The topological polar surface area (TPSA) is 58.6 Å². The van der Waals surface area contributed by atoms with E-state index in [1.54, 1.807) is 24.3 Å². The number of para-hydroxylation sites is 1. The zero-order chi connectivity index (χ0) is 12.1. The van der Waals surface area contributed by atoms with E-state index < -0.39 is 6.09 Å². The second kappa shape index (κ2) is 5.34. The van der Waals surface area contributed by atoms with E-state index in [0.29, 0.717) is 18.8 Å². The van der Waals surface area contributed by atoms with Crippen molar-refractivity contribution in [1.82, 2.24) is 10.2 Å². The van der Waals surface area contributed by atoms with Gasteiger partial charge in [0.15, 0.2) is 0 Å². The lowest BCUT2D eigenvalue weighted by Crippen LogP contribution is -2.39. The van der Waals surface area contributed by atoms with Gasteiger partial charge in [0.25, 0.3) is 0 Å². The third-order valence-electron chi connectivity index (χ3n) is 2.47. The van der Waals surface area contributed by atoms with Gasteiger partial charge < -0.3 is 10.1 Å². The van der Waals surface area contributed by atoms with Crippen LogP contribution >= 0.6 is 0 Å². The lowest BCUT2D eigenvalue weighted by atomic mass is 10.3. The van der Waals surface area contributed by atoms with Crippen LogP contribution in [0.15, 0.2) is 30.3 Å². The van der Waals surface area contributed by atoms with E-state index in [9.17, 15) is 9.59 Å². The van der Waals surface area contributed by atoms with E-state index in [2.05, 4.69) is 5.32 Å². The average molecular weight is 234 g/mol. The first-order chi connectivity index (χ1) is 8.25. The molecule has 17 heavy (non-hydrogen) atoms. The van der Waals surface area contributed by atoms with Crippen molar-refractivity contribution in [2.75, 3.05) is 19.6 Å². The number of carbonyl (C=O) groups is 2. The van der Waals surface area contributed by atoms with Gasteiger partial charge in [-0.25, -0.2) is 4.79 Å². The average Bonchev–Trinajstić information content (AvgIpc) is 2.55. The number of ether oxygens (including phenoxy) is 1. The first kappa shape index (κ1) is 11.4. The molecular weight excluding hydrogens is 220 g/mol. The molecule has 0 bridgehead atoms. The van der Waals surface area contributed by atoms with Crippen LogP contribution in [0.3, 0.4) is 0 Å². The maximum atomic E-state index is 11.8. The predicted molar refractivity (Wildman–Crippen MR) is 61.7 cm³/mol. The maximum Gasteiger partial charge on any atom is 0.415 e. The third kappa shape index (κ3) is 3.21. The summed E-state index contributed by atoms with van der Waals surface area (Å²) in [7, 11) is 0. The van der Waals surface area contributed by atoms with E-state index in [1.165, 1.54) is 4.90 Å². The molecule has 5 nitrogen and oxygen atoms in total. The van der Waals surface area contributed by atoms with Crippen LogP contribution in [-0.4, -0.2) is 36.5 Å². The molecule has 1 N–H and O–H groups in total. The van der Waals surface area contributed by atoms with Gasteiger partial charge in [0, 0.05) is 13.1 Å². The van der Waals surface area contributed by atoms with Gasteiger partial charge in [-0.15, -0.1) is 0 Å². The van der Waals surface area contributed by atoms with Gasteiger partial charge in [-0.1, -0.05) is 18.2 Å². The normalized spacial score (nSPS) is 16.0. The summed E-state index contributed by atoms with van der Waals surface area (Å²) >= 11 is 0. The molecule has 1 aromatic rings. The van der Waals surface area contributed by atoms with Crippen LogP contribution in [0.2, 0.25) is 0 Å². The maximum absolute atomic E-state index is 11.8. The van der Waals surface area contributed by atoms with Gasteiger partial charge in [-0.3, -0.25) is 9.69 Å². The van der Waals surface area contributed by atoms with Gasteiger partial charge >= 0.3 is 6.09 Å². The third-order valence-corrected chi connectivity index (χ3v) is 2.47. The second-order valence-corrected chi connectivity index (χ2v) is 3.81. The minimum absolute atomic E-state index is 0.0612. The van der Waals surface area contributed by atoms with Crippen molar-refractivity contribution >= 4 is 12.0 Å². The highest BCUT2D eigenvalue weighted by molar-refractivity contribution is 5.83. The summed E-state index contributed by atoms with van der Waals surface area (Å²) in [5.41, 5.74) is 0. The molecule has 0 radical (unpaired) electrons.